The van der Waals surface area contributed by atoms with E-state index in [0.29, 0.717) is 12.6 Å². The fraction of sp³-hybridized carbons (Fsp3) is 0.538. The molecule has 1 aromatic rings. The molecule has 2 nitrogen and oxygen atoms in total. The molecule has 4 heteroatoms. The van der Waals surface area contributed by atoms with E-state index in [-0.39, 0.29) is 0 Å². The van der Waals surface area contributed by atoms with Crippen LogP contribution < -0.4 is 10.6 Å². The first-order valence-corrected chi connectivity index (χ1v) is 6.77. The van der Waals surface area contributed by atoms with Crippen molar-refractivity contribution in [1.29, 1.82) is 0 Å². The van der Waals surface area contributed by atoms with Gasteiger partial charge in [0.1, 0.15) is 0 Å². The maximum atomic E-state index is 6.10. The minimum atomic E-state index is 0.397. The van der Waals surface area contributed by atoms with E-state index in [2.05, 4.69) is 24.5 Å². The largest absolute Gasteiger partial charge is 0.315 e. The normalized spacial score (nSPS) is 12.7. The molecule has 0 radical (unpaired) electrons. The third-order valence-corrected chi connectivity index (χ3v) is 3.27. The van der Waals surface area contributed by atoms with Gasteiger partial charge in [-0.3, -0.25) is 0 Å². The highest BCUT2D eigenvalue weighted by Crippen LogP contribution is 2.23. The third-order valence-electron chi connectivity index (χ3n) is 2.57. The highest BCUT2D eigenvalue weighted by Gasteiger charge is 2.07. The second-order valence-corrected chi connectivity index (χ2v) is 5.00. The molecule has 1 rings (SSSR count). The van der Waals surface area contributed by atoms with Gasteiger partial charge in [0, 0.05) is 34.7 Å². The molecular formula is C13H20Cl2N2. The Morgan fingerprint density at radius 2 is 1.88 bits per heavy atom. The maximum Gasteiger partial charge on any atom is 0.0465 e. The van der Waals surface area contributed by atoms with Gasteiger partial charge < -0.3 is 10.6 Å². The molecule has 17 heavy (non-hydrogen) atoms. The summed E-state index contributed by atoms with van der Waals surface area (Å²) in [5.41, 5.74) is 0.971. The molecule has 1 aromatic carbocycles. The van der Waals surface area contributed by atoms with Crippen molar-refractivity contribution in [3.05, 3.63) is 33.8 Å². The number of nitrogens with one attached hydrogen (secondary N) is 2. The van der Waals surface area contributed by atoms with Gasteiger partial charge in [-0.1, -0.05) is 36.2 Å². The van der Waals surface area contributed by atoms with Gasteiger partial charge in [0.05, 0.1) is 0 Å². The smallest absolute Gasteiger partial charge is 0.0465 e. The quantitative estimate of drug-likeness (QED) is 0.744. The SMILES string of the molecule is CCCNCC(C)NCc1c(Cl)cccc1Cl. The van der Waals surface area contributed by atoms with Gasteiger partial charge in [0.2, 0.25) is 0 Å². The van der Waals surface area contributed by atoms with Crippen LogP contribution in [-0.2, 0) is 6.54 Å². The van der Waals surface area contributed by atoms with Crippen molar-refractivity contribution in [2.45, 2.75) is 32.9 Å². The number of halogens is 2. The van der Waals surface area contributed by atoms with Crippen molar-refractivity contribution < 1.29 is 0 Å². The number of hydrogen-bond donors (Lipinski definition) is 2. The second-order valence-electron chi connectivity index (χ2n) is 4.19. The summed E-state index contributed by atoms with van der Waals surface area (Å²) >= 11 is 12.2. The van der Waals surface area contributed by atoms with Gasteiger partial charge in [-0.25, -0.2) is 0 Å². The standard InChI is InChI=1S/C13H20Cl2N2/c1-3-7-16-8-10(2)17-9-11-12(14)5-4-6-13(11)15/h4-6,10,16-17H,3,7-9H2,1-2H3. The fourth-order valence-electron chi connectivity index (χ4n) is 1.55. The summed E-state index contributed by atoms with van der Waals surface area (Å²) in [5, 5.41) is 8.22. The van der Waals surface area contributed by atoms with Crippen molar-refractivity contribution in [2.75, 3.05) is 13.1 Å². The Balaban J connectivity index is 2.39. The van der Waals surface area contributed by atoms with Crippen LogP contribution in [0.5, 0.6) is 0 Å². The van der Waals surface area contributed by atoms with E-state index in [9.17, 15) is 0 Å². The van der Waals surface area contributed by atoms with Gasteiger partial charge in [0.15, 0.2) is 0 Å². The fourth-order valence-corrected chi connectivity index (χ4v) is 2.08. The molecule has 0 aromatic heterocycles. The van der Waals surface area contributed by atoms with Crippen LogP contribution in [0.1, 0.15) is 25.8 Å². The van der Waals surface area contributed by atoms with Crippen LogP contribution in [0, 0.1) is 0 Å². The molecule has 0 aliphatic heterocycles. The van der Waals surface area contributed by atoms with Crippen molar-refractivity contribution in [3.8, 4) is 0 Å². The molecule has 1 unspecified atom stereocenters. The van der Waals surface area contributed by atoms with E-state index in [0.717, 1.165) is 35.1 Å². The topological polar surface area (TPSA) is 24.1 Å². The molecule has 0 bridgehead atoms. The van der Waals surface area contributed by atoms with Crippen LogP contribution in [-0.4, -0.2) is 19.1 Å². The molecule has 0 saturated carbocycles. The lowest BCUT2D eigenvalue weighted by molar-refractivity contribution is 0.501. The van der Waals surface area contributed by atoms with Crippen LogP contribution >= 0.6 is 23.2 Å². The lowest BCUT2D eigenvalue weighted by Gasteiger charge is -2.15. The van der Waals surface area contributed by atoms with Crippen molar-refractivity contribution in [3.63, 3.8) is 0 Å². The monoisotopic (exact) mass is 274 g/mol. The summed E-state index contributed by atoms with van der Waals surface area (Å²) < 4.78 is 0. The number of hydrogen-bond acceptors (Lipinski definition) is 2. The first-order valence-electron chi connectivity index (χ1n) is 6.02. The highest BCUT2D eigenvalue weighted by atomic mass is 35.5. The van der Waals surface area contributed by atoms with Crippen LogP contribution in [0.2, 0.25) is 10.0 Å². The first kappa shape index (κ1) is 14.8. The van der Waals surface area contributed by atoms with E-state index < -0.39 is 0 Å². The van der Waals surface area contributed by atoms with E-state index in [4.69, 9.17) is 23.2 Å². The lowest BCUT2D eigenvalue weighted by atomic mass is 10.2. The molecule has 1 atom stereocenters. The Morgan fingerprint density at radius 1 is 1.24 bits per heavy atom. The predicted molar refractivity (Wildman–Crippen MR) is 75.9 cm³/mol. The molecule has 0 aliphatic carbocycles. The Bertz CT molecular complexity index is 322. The van der Waals surface area contributed by atoms with Crippen molar-refractivity contribution in [2.24, 2.45) is 0 Å². The zero-order chi connectivity index (χ0) is 12.7. The van der Waals surface area contributed by atoms with E-state index >= 15 is 0 Å². The Hall–Kier alpha value is -0.280. The Morgan fingerprint density at radius 3 is 2.47 bits per heavy atom. The summed E-state index contributed by atoms with van der Waals surface area (Å²) in [4.78, 5) is 0. The molecule has 0 aliphatic rings. The zero-order valence-corrected chi connectivity index (χ0v) is 11.9. The molecule has 0 saturated heterocycles. The number of rotatable bonds is 7. The van der Waals surface area contributed by atoms with E-state index in [1.807, 2.05) is 18.2 Å². The molecule has 2 N–H and O–H groups in total. The van der Waals surface area contributed by atoms with Crippen LogP contribution in [0.4, 0.5) is 0 Å². The molecule has 0 amide bonds. The average molecular weight is 275 g/mol. The lowest BCUT2D eigenvalue weighted by Crippen LogP contribution is -2.36. The van der Waals surface area contributed by atoms with Crippen LogP contribution in [0.15, 0.2) is 18.2 Å². The van der Waals surface area contributed by atoms with Crippen molar-refractivity contribution >= 4 is 23.2 Å². The molecule has 0 spiro atoms. The van der Waals surface area contributed by atoms with Gasteiger partial charge in [-0.2, -0.15) is 0 Å². The number of benzene rings is 1. The van der Waals surface area contributed by atoms with Crippen molar-refractivity contribution in [1.82, 2.24) is 10.6 Å². The Labute approximate surface area is 114 Å². The summed E-state index contributed by atoms with van der Waals surface area (Å²) in [6.07, 6.45) is 1.16. The second kappa shape index (κ2) is 7.93. The van der Waals surface area contributed by atoms with Gasteiger partial charge in [-0.05, 0) is 32.0 Å². The van der Waals surface area contributed by atoms with E-state index in [1.54, 1.807) is 0 Å². The summed E-state index contributed by atoms with van der Waals surface area (Å²) in [6, 6.07) is 5.99. The minimum absolute atomic E-state index is 0.397. The zero-order valence-electron chi connectivity index (χ0n) is 10.4. The van der Waals surface area contributed by atoms with Crippen LogP contribution in [0.25, 0.3) is 0 Å². The van der Waals surface area contributed by atoms with Gasteiger partial charge in [-0.15, -0.1) is 0 Å². The highest BCUT2D eigenvalue weighted by molar-refractivity contribution is 6.35. The first-order chi connectivity index (χ1) is 8.15. The molecule has 0 fully saturated rings. The predicted octanol–water partition coefficient (Wildman–Crippen LogP) is 3.47. The third kappa shape index (κ3) is 5.26. The van der Waals surface area contributed by atoms with E-state index in [1.165, 1.54) is 0 Å². The average Bonchev–Trinajstić information content (AvgIpc) is 2.29. The van der Waals surface area contributed by atoms with Crippen LogP contribution in [0.3, 0.4) is 0 Å². The maximum absolute atomic E-state index is 6.10. The minimum Gasteiger partial charge on any atom is -0.315 e. The molecular weight excluding hydrogens is 255 g/mol. The summed E-state index contributed by atoms with van der Waals surface area (Å²) in [6.45, 7) is 7.02. The molecule has 96 valence electrons. The van der Waals surface area contributed by atoms with Gasteiger partial charge in [0.25, 0.3) is 0 Å². The van der Waals surface area contributed by atoms with Gasteiger partial charge >= 0.3 is 0 Å². The summed E-state index contributed by atoms with van der Waals surface area (Å²) in [5.74, 6) is 0. The molecule has 0 heterocycles. The summed E-state index contributed by atoms with van der Waals surface area (Å²) in [7, 11) is 0. The Kier molecular flexibility index (Phi) is 6.90.